The van der Waals surface area contributed by atoms with Crippen LogP contribution in [0.25, 0.3) is 0 Å². The lowest BCUT2D eigenvalue weighted by molar-refractivity contribution is -0.131. The fraction of sp³-hybridized carbons (Fsp3) is 0.444. The summed E-state index contributed by atoms with van der Waals surface area (Å²) in [6, 6.07) is 6.61. The Hall–Kier alpha value is -2.17. The highest BCUT2D eigenvalue weighted by Gasteiger charge is 2.29. The Bertz CT molecular complexity index is 656. The van der Waals surface area contributed by atoms with E-state index in [1.165, 1.54) is 6.07 Å². The molecule has 1 aromatic heterocycles. The fourth-order valence-electron chi connectivity index (χ4n) is 3.28. The van der Waals surface area contributed by atoms with E-state index in [0.29, 0.717) is 12.3 Å². The Labute approximate surface area is 135 Å². The fourth-order valence-corrected chi connectivity index (χ4v) is 3.28. The van der Waals surface area contributed by atoms with Crippen molar-refractivity contribution in [2.75, 3.05) is 13.1 Å². The van der Waals surface area contributed by atoms with Gasteiger partial charge in [0, 0.05) is 37.8 Å². The number of benzene rings is 1. The molecule has 2 unspecified atom stereocenters. The van der Waals surface area contributed by atoms with Gasteiger partial charge in [-0.3, -0.25) is 4.79 Å². The number of likely N-dealkylation sites (tertiary alicyclic amines) is 1. The highest BCUT2D eigenvalue weighted by atomic mass is 19.1. The van der Waals surface area contributed by atoms with Crippen molar-refractivity contribution < 1.29 is 9.18 Å². The van der Waals surface area contributed by atoms with Crippen LogP contribution in [0, 0.1) is 11.7 Å². The minimum absolute atomic E-state index is 0.183. The third-order valence-electron chi connectivity index (χ3n) is 4.44. The number of rotatable bonds is 5. The minimum Gasteiger partial charge on any atom is -0.348 e. The van der Waals surface area contributed by atoms with E-state index in [-0.39, 0.29) is 17.6 Å². The molecule has 0 saturated carbocycles. The molecule has 1 N–H and O–H groups in total. The van der Waals surface area contributed by atoms with E-state index in [9.17, 15) is 9.18 Å². The van der Waals surface area contributed by atoms with Crippen molar-refractivity contribution in [2.24, 2.45) is 5.92 Å². The maximum absolute atomic E-state index is 13.2. The topological polar surface area (TPSA) is 49.0 Å². The highest BCUT2D eigenvalue weighted by Crippen LogP contribution is 2.25. The first-order valence-corrected chi connectivity index (χ1v) is 8.13. The zero-order valence-corrected chi connectivity index (χ0v) is 13.3. The van der Waals surface area contributed by atoms with Gasteiger partial charge < -0.3 is 9.88 Å². The van der Waals surface area contributed by atoms with Crippen molar-refractivity contribution in [2.45, 2.75) is 32.1 Å². The quantitative estimate of drug-likeness (QED) is 0.921. The number of carbonyl (C=O) groups is 1. The van der Waals surface area contributed by atoms with Crippen LogP contribution in [-0.4, -0.2) is 33.9 Å². The lowest BCUT2D eigenvalue weighted by Gasteiger charge is -2.19. The average molecular weight is 315 g/mol. The molecule has 1 fully saturated rings. The maximum Gasteiger partial charge on any atom is 0.222 e. The van der Waals surface area contributed by atoms with Crippen LogP contribution < -0.4 is 0 Å². The Morgan fingerprint density at radius 1 is 1.52 bits per heavy atom. The standard InChI is InChI=1S/C18H22FN3O/c1-13(9-14-3-2-4-16(19)11-14)10-17(23)22-8-5-15(12-22)18-20-6-7-21-18/h2-4,6-7,11,13,15H,5,8-10,12H2,1H3,(H,20,21). The molecule has 0 bridgehead atoms. The summed E-state index contributed by atoms with van der Waals surface area (Å²) in [5, 5.41) is 0. The molecule has 1 aliphatic rings. The van der Waals surface area contributed by atoms with Crippen LogP contribution >= 0.6 is 0 Å². The molecular weight excluding hydrogens is 293 g/mol. The Kier molecular flexibility index (Phi) is 4.74. The highest BCUT2D eigenvalue weighted by molar-refractivity contribution is 5.76. The lowest BCUT2D eigenvalue weighted by Crippen LogP contribution is -2.30. The molecule has 0 spiro atoms. The molecule has 1 aliphatic heterocycles. The summed E-state index contributed by atoms with van der Waals surface area (Å²) in [7, 11) is 0. The van der Waals surface area contributed by atoms with Gasteiger partial charge in [-0.1, -0.05) is 19.1 Å². The molecule has 4 nitrogen and oxygen atoms in total. The summed E-state index contributed by atoms with van der Waals surface area (Å²) in [6.07, 6.45) is 5.75. The van der Waals surface area contributed by atoms with Crippen molar-refractivity contribution in [1.82, 2.24) is 14.9 Å². The van der Waals surface area contributed by atoms with E-state index in [1.54, 1.807) is 18.3 Å². The summed E-state index contributed by atoms with van der Waals surface area (Å²) in [5.41, 5.74) is 0.945. The van der Waals surface area contributed by atoms with E-state index in [1.807, 2.05) is 24.1 Å². The summed E-state index contributed by atoms with van der Waals surface area (Å²) in [6.45, 7) is 3.57. The molecule has 1 amide bonds. The number of hydrogen-bond acceptors (Lipinski definition) is 2. The van der Waals surface area contributed by atoms with Crippen LogP contribution in [0.3, 0.4) is 0 Å². The molecule has 0 radical (unpaired) electrons. The molecule has 2 atom stereocenters. The van der Waals surface area contributed by atoms with Gasteiger partial charge in [-0.15, -0.1) is 0 Å². The van der Waals surface area contributed by atoms with Gasteiger partial charge in [0.2, 0.25) is 5.91 Å². The average Bonchev–Trinajstić information content (AvgIpc) is 3.18. The molecule has 2 heterocycles. The summed E-state index contributed by atoms with van der Waals surface area (Å²) in [4.78, 5) is 21.8. The van der Waals surface area contributed by atoms with Crippen molar-refractivity contribution in [3.05, 3.63) is 53.9 Å². The molecule has 122 valence electrons. The van der Waals surface area contributed by atoms with Crippen LogP contribution in [-0.2, 0) is 11.2 Å². The minimum atomic E-state index is -0.221. The Morgan fingerprint density at radius 3 is 3.13 bits per heavy atom. The van der Waals surface area contributed by atoms with Gasteiger partial charge in [-0.2, -0.15) is 0 Å². The predicted octanol–water partition coefficient (Wildman–Crippen LogP) is 3.13. The molecule has 1 aromatic carbocycles. The maximum atomic E-state index is 13.2. The van der Waals surface area contributed by atoms with Crippen molar-refractivity contribution in [3.8, 4) is 0 Å². The third-order valence-corrected chi connectivity index (χ3v) is 4.44. The number of halogens is 1. The van der Waals surface area contributed by atoms with Crippen LogP contribution in [0.15, 0.2) is 36.7 Å². The largest absolute Gasteiger partial charge is 0.348 e. The van der Waals surface area contributed by atoms with E-state index in [2.05, 4.69) is 9.97 Å². The molecule has 3 rings (SSSR count). The van der Waals surface area contributed by atoms with Crippen molar-refractivity contribution in [1.29, 1.82) is 0 Å². The molecule has 23 heavy (non-hydrogen) atoms. The van der Waals surface area contributed by atoms with E-state index in [0.717, 1.165) is 37.3 Å². The number of aromatic nitrogens is 2. The third kappa shape index (κ3) is 3.97. The summed E-state index contributed by atoms with van der Waals surface area (Å²) >= 11 is 0. The second-order valence-corrected chi connectivity index (χ2v) is 6.44. The van der Waals surface area contributed by atoms with Gasteiger partial charge in [-0.25, -0.2) is 9.37 Å². The van der Waals surface area contributed by atoms with Crippen molar-refractivity contribution >= 4 is 5.91 Å². The Balaban J connectivity index is 1.51. The van der Waals surface area contributed by atoms with Crippen LogP contribution in [0.2, 0.25) is 0 Å². The van der Waals surface area contributed by atoms with Gasteiger partial charge in [0.25, 0.3) is 0 Å². The number of nitrogens with one attached hydrogen (secondary N) is 1. The van der Waals surface area contributed by atoms with Crippen molar-refractivity contribution in [3.63, 3.8) is 0 Å². The van der Waals surface area contributed by atoms with E-state index in [4.69, 9.17) is 0 Å². The molecule has 0 aliphatic carbocycles. The van der Waals surface area contributed by atoms with Crippen LogP contribution in [0.4, 0.5) is 4.39 Å². The van der Waals surface area contributed by atoms with E-state index < -0.39 is 0 Å². The zero-order valence-electron chi connectivity index (χ0n) is 13.3. The SMILES string of the molecule is CC(CC(=O)N1CCC(c2ncc[nH]2)C1)Cc1cccc(F)c1. The smallest absolute Gasteiger partial charge is 0.222 e. The number of amides is 1. The van der Waals surface area contributed by atoms with E-state index >= 15 is 0 Å². The monoisotopic (exact) mass is 315 g/mol. The first kappa shape index (κ1) is 15.7. The first-order chi connectivity index (χ1) is 11.1. The van der Waals surface area contributed by atoms with Gasteiger partial charge >= 0.3 is 0 Å². The second-order valence-electron chi connectivity index (χ2n) is 6.44. The number of H-pyrrole nitrogens is 1. The zero-order chi connectivity index (χ0) is 16.2. The van der Waals surface area contributed by atoms with Gasteiger partial charge in [0.1, 0.15) is 11.6 Å². The first-order valence-electron chi connectivity index (χ1n) is 8.13. The van der Waals surface area contributed by atoms with Crippen LogP contribution in [0.1, 0.15) is 37.1 Å². The summed E-state index contributed by atoms with van der Waals surface area (Å²) < 4.78 is 13.2. The number of aromatic amines is 1. The normalized spacial score (nSPS) is 19.0. The van der Waals surface area contributed by atoms with Gasteiger partial charge in [0.15, 0.2) is 0 Å². The summed E-state index contributed by atoms with van der Waals surface area (Å²) in [5.74, 6) is 1.44. The van der Waals surface area contributed by atoms with Gasteiger partial charge in [0.05, 0.1) is 0 Å². The number of carbonyl (C=O) groups excluding carboxylic acids is 1. The number of hydrogen-bond donors (Lipinski definition) is 1. The number of imidazole rings is 1. The predicted molar refractivity (Wildman–Crippen MR) is 86.4 cm³/mol. The van der Waals surface area contributed by atoms with Gasteiger partial charge in [-0.05, 0) is 36.5 Å². The lowest BCUT2D eigenvalue weighted by atomic mass is 9.97. The molecule has 2 aromatic rings. The molecule has 1 saturated heterocycles. The molecule has 5 heteroatoms. The number of nitrogens with zero attached hydrogens (tertiary/aromatic N) is 2. The Morgan fingerprint density at radius 2 is 2.39 bits per heavy atom. The second kappa shape index (κ2) is 6.94. The van der Waals surface area contributed by atoms with Crippen LogP contribution in [0.5, 0.6) is 0 Å². The molecular formula is C18H22FN3O.